The molecule has 2 aliphatic heterocycles. The predicted octanol–water partition coefficient (Wildman–Crippen LogP) is 1.40. The van der Waals surface area contributed by atoms with Crippen molar-refractivity contribution in [2.45, 2.75) is 70.2 Å². The third-order valence-electron chi connectivity index (χ3n) is 6.66. The van der Waals surface area contributed by atoms with Crippen molar-refractivity contribution in [1.29, 1.82) is 0 Å². The molecule has 3 rings (SSSR count). The number of rotatable bonds is 5. The van der Waals surface area contributed by atoms with Gasteiger partial charge in [-0.3, -0.25) is 14.5 Å². The van der Waals surface area contributed by atoms with E-state index in [4.69, 9.17) is 15.9 Å². The summed E-state index contributed by atoms with van der Waals surface area (Å²) in [5.41, 5.74) is 0. The van der Waals surface area contributed by atoms with Crippen molar-refractivity contribution in [3.63, 3.8) is 0 Å². The number of aliphatic hydroxyl groups excluding tert-OH is 1. The molecule has 1 saturated carbocycles. The Bertz CT molecular complexity index is 600. The van der Waals surface area contributed by atoms with Gasteiger partial charge in [-0.1, -0.05) is 12.8 Å². The van der Waals surface area contributed by atoms with Crippen molar-refractivity contribution in [1.82, 2.24) is 4.90 Å². The summed E-state index contributed by atoms with van der Waals surface area (Å²) in [7, 11) is 0. The van der Waals surface area contributed by atoms with E-state index in [1.54, 1.807) is 6.92 Å². The van der Waals surface area contributed by atoms with Crippen LogP contribution in [0.5, 0.6) is 0 Å². The summed E-state index contributed by atoms with van der Waals surface area (Å²) in [4.78, 5) is 27.2. The van der Waals surface area contributed by atoms with Crippen molar-refractivity contribution < 1.29 is 24.2 Å². The monoisotopic (exact) mass is 377 g/mol. The van der Waals surface area contributed by atoms with Gasteiger partial charge in [0.05, 0.1) is 18.8 Å². The zero-order chi connectivity index (χ0) is 19.6. The van der Waals surface area contributed by atoms with Crippen LogP contribution in [0.3, 0.4) is 0 Å². The Morgan fingerprint density at radius 3 is 2.78 bits per heavy atom. The van der Waals surface area contributed by atoms with Crippen molar-refractivity contribution in [2.75, 3.05) is 19.8 Å². The Morgan fingerprint density at radius 2 is 2.11 bits per heavy atom. The quantitative estimate of drug-likeness (QED) is 0.443. The fraction of sp³-hybridized carbons (Fsp3) is 0.810. The summed E-state index contributed by atoms with van der Waals surface area (Å²) < 4.78 is 10.8. The second-order valence-corrected chi connectivity index (χ2v) is 8.05. The highest BCUT2D eigenvalue weighted by Gasteiger charge is 2.52. The molecule has 6 heteroatoms. The standard InChI is InChI=1S/C21H31NO5/c1-4-7-27-20-9-13-8-14(5-2)22-12-16(21(25)26-6-3)18(23)11-17(22)15(13)10-19(20)24/h1,13-17,19-20,24H,5-12H2,2-3H3. The Hall–Kier alpha value is -1.42. The number of carbonyl (C=O) groups excluding carboxylic acids is 2. The van der Waals surface area contributed by atoms with Gasteiger partial charge in [0.15, 0.2) is 0 Å². The van der Waals surface area contributed by atoms with Gasteiger partial charge in [-0.05, 0) is 44.4 Å². The Morgan fingerprint density at radius 1 is 1.33 bits per heavy atom. The Balaban J connectivity index is 1.76. The number of hydrogen-bond acceptors (Lipinski definition) is 6. The molecule has 2 heterocycles. The number of carbonyl (C=O) groups is 2. The fourth-order valence-electron chi connectivity index (χ4n) is 5.40. The minimum Gasteiger partial charge on any atom is -0.465 e. The molecular formula is C21H31NO5. The molecule has 0 bridgehead atoms. The van der Waals surface area contributed by atoms with Gasteiger partial charge in [0.1, 0.15) is 18.3 Å². The van der Waals surface area contributed by atoms with Crippen LogP contribution in [-0.4, -0.2) is 65.8 Å². The van der Waals surface area contributed by atoms with E-state index in [0.29, 0.717) is 38.0 Å². The molecule has 0 aromatic heterocycles. The number of fused-ring (bicyclic) bond motifs is 3. The van der Waals surface area contributed by atoms with Crippen LogP contribution >= 0.6 is 0 Å². The molecule has 1 aliphatic carbocycles. The van der Waals surface area contributed by atoms with Gasteiger partial charge in [0, 0.05) is 25.0 Å². The topological polar surface area (TPSA) is 76.1 Å². The molecule has 6 nitrogen and oxygen atoms in total. The number of ether oxygens (including phenoxy) is 2. The maximum absolute atomic E-state index is 12.7. The molecule has 0 radical (unpaired) electrons. The van der Waals surface area contributed by atoms with Gasteiger partial charge in [-0.15, -0.1) is 6.42 Å². The van der Waals surface area contributed by atoms with Gasteiger partial charge in [0.25, 0.3) is 0 Å². The third-order valence-corrected chi connectivity index (χ3v) is 6.66. The zero-order valence-corrected chi connectivity index (χ0v) is 16.3. The number of aliphatic hydroxyl groups is 1. The minimum atomic E-state index is -0.674. The van der Waals surface area contributed by atoms with Crippen LogP contribution in [0.25, 0.3) is 0 Å². The highest BCUT2D eigenvalue weighted by Crippen LogP contribution is 2.46. The number of nitrogens with zero attached hydrogens (tertiary/aromatic N) is 1. The number of piperidine rings is 2. The first-order valence-electron chi connectivity index (χ1n) is 10.2. The van der Waals surface area contributed by atoms with Crippen LogP contribution in [0.4, 0.5) is 0 Å². The van der Waals surface area contributed by atoms with Crippen molar-refractivity contribution >= 4 is 11.8 Å². The molecular weight excluding hydrogens is 346 g/mol. The average Bonchev–Trinajstić information content (AvgIpc) is 2.65. The van der Waals surface area contributed by atoms with E-state index in [1.165, 1.54) is 0 Å². The SMILES string of the molecule is C#CCOC1CC2CC(CC)N3CC(C(=O)OCC)C(=O)CC3C2CC1O. The fourth-order valence-corrected chi connectivity index (χ4v) is 5.40. The van der Waals surface area contributed by atoms with Gasteiger partial charge in [0.2, 0.25) is 0 Å². The lowest BCUT2D eigenvalue weighted by molar-refractivity contribution is -0.162. The molecule has 0 amide bonds. The van der Waals surface area contributed by atoms with Crippen molar-refractivity contribution in [3.05, 3.63) is 0 Å². The number of ketones is 1. The van der Waals surface area contributed by atoms with Crippen LogP contribution in [0.2, 0.25) is 0 Å². The minimum absolute atomic E-state index is 0.0228. The second kappa shape index (κ2) is 8.72. The van der Waals surface area contributed by atoms with Crippen LogP contribution in [0.1, 0.15) is 46.0 Å². The van der Waals surface area contributed by atoms with E-state index >= 15 is 0 Å². The summed E-state index contributed by atoms with van der Waals surface area (Å²) in [5, 5.41) is 10.6. The lowest BCUT2D eigenvalue weighted by Crippen LogP contribution is -2.63. The normalized spacial score (nSPS) is 39.2. The van der Waals surface area contributed by atoms with Crippen LogP contribution in [0, 0.1) is 30.1 Å². The number of Topliss-reactive ketones (excluding diaryl/α,β-unsaturated/α-hetero) is 1. The molecule has 7 atom stereocenters. The van der Waals surface area contributed by atoms with E-state index in [0.717, 1.165) is 19.3 Å². The Kier molecular flexibility index (Phi) is 6.56. The summed E-state index contributed by atoms with van der Waals surface area (Å²) in [6, 6.07) is 0.430. The van der Waals surface area contributed by atoms with Crippen LogP contribution in [-0.2, 0) is 19.1 Å². The van der Waals surface area contributed by atoms with Crippen LogP contribution < -0.4 is 0 Å². The predicted molar refractivity (Wildman–Crippen MR) is 99.7 cm³/mol. The Labute approximate surface area is 161 Å². The summed E-state index contributed by atoms with van der Waals surface area (Å²) >= 11 is 0. The largest absolute Gasteiger partial charge is 0.465 e. The van der Waals surface area contributed by atoms with Gasteiger partial charge < -0.3 is 14.6 Å². The molecule has 150 valence electrons. The average molecular weight is 377 g/mol. The zero-order valence-electron chi connectivity index (χ0n) is 16.3. The first-order valence-corrected chi connectivity index (χ1v) is 10.2. The van der Waals surface area contributed by atoms with Crippen molar-refractivity contribution in [3.8, 4) is 12.3 Å². The molecule has 1 N–H and O–H groups in total. The summed E-state index contributed by atoms with van der Waals surface area (Å²) in [6.07, 6.45) is 8.25. The molecule has 7 unspecified atom stereocenters. The maximum Gasteiger partial charge on any atom is 0.317 e. The molecule has 3 fully saturated rings. The lowest BCUT2D eigenvalue weighted by Gasteiger charge is -2.55. The highest BCUT2D eigenvalue weighted by atomic mass is 16.5. The summed E-state index contributed by atoms with van der Waals surface area (Å²) in [5.74, 6) is 2.04. The van der Waals surface area contributed by atoms with E-state index < -0.39 is 18.0 Å². The molecule has 3 aliphatic rings. The smallest absolute Gasteiger partial charge is 0.317 e. The molecule has 2 saturated heterocycles. The van der Waals surface area contributed by atoms with E-state index in [-0.39, 0.29) is 30.5 Å². The van der Waals surface area contributed by atoms with E-state index in [9.17, 15) is 14.7 Å². The second-order valence-electron chi connectivity index (χ2n) is 8.05. The van der Waals surface area contributed by atoms with Crippen LogP contribution in [0.15, 0.2) is 0 Å². The first kappa shape index (κ1) is 20.3. The molecule has 27 heavy (non-hydrogen) atoms. The van der Waals surface area contributed by atoms with Gasteiger partial charge in [-0.2, -0.15) is 0 Å². The van der Waals surface area contributed by atoms with Gasteiger partial charge in [-0.25, -0.2) is 0 Å². The maximum atomic E-state index is 12.7. The number of hydrogen-bond donors (Lipinski definition) is 1. The number of terminal acetylenes is 1. The highest BCUT2D eigenvalue weighted by molar-refractivity contribution is 6.00. The van der Waals surface area contributed by atoms with E-state index in [2.05, 4.69) is 17.7 Å². The number of esters is 1. The summed E-state index contributed by atoms with van der Waals surface area (Å²) in [6.45, 7) is 4.86. The molecule has 0 aromatic rings. The van der Waals surface area contributed by atoms with Crippen molar-refractivity contribution in [2.24, 2.45) is 17.8 Å². The third kappa shape index (κ3) is 4.06. The molecule has 0 aromatic carbocycles. The lowest BCUT2D eigenvalue weighted by atomic mass is 9.64. The van der Waals surface area contributed by atoms with Gasteiger partial charge >= 0.3 is 5.97 Å². The first-order chi connectivity index (χ1) is 13.0. The molecule has 0 spiro atoms. The van der Waals surface area contributed by atoms with E-state index in [1.807, 2.05) is 0 Å².